The molecule has 3 aromatic rings. The Morgan fingerprint density at radius 1 is 1.05 bits per heavy atom. The molecule has 0 aromatic carbocycles. The number of nitrogens with zero attached hydrogens (tertiary/aromatic N) is 2. The van der Waals surface area contributed by atoms with E-state index in [1.165, 1.54) is 14.6 Å². The van der Waals surface area contributed by atoms with Crippen molar-refractivity contribution in [2.24, 2.45) is 0 Å². The molecule has 0 aliphatic carbocycles. The van der Waals surface area contributed by atoms with Crippen LogP contribution in [0.15, 0.2) is 41.9 Å². The van der Waals surface area contributed by atoms with Gasteiger partial charge in [0.2, 0.25) is 6.34 Å². The lowest BCUT2D eigenvalue weighted by Crippen LogP contribution is -1.90. The third kappa shape index (κ3) is 1.78. The Morgan fingerprint density at radius 2 is 2.00 bits per heavy atom. The molecule has 91 valence electrons. The topological polar surface area (TPSA) is 39.0 Å². The van der Waals surface area contributed by atoms with E-state index in [0.29, 0.717) is 0 Å². The maximum Gasteiger partial charge on any atom is 0.336 e. The van der Waals surface area contributed by atoms with E-state index >= 15 is 0 Å². The summed E-state index contributed by atoms with van der Waals surface area (Å²) in [4.78, 5) is 12.3. The maximum atomic E-state index is 4.25. The van der Waals surface area contributed by atoms with Gasteiger partial charge in [-0.3, -0.25) is 5.32 Å². The first-order valence-electron chi connectivity index (χ1n) is 5.84. The molecule has 1 N–H and O–H groups in total. The van der Waals surface area contributed by atoms with Crippen LogP contribution in [0.3, 0.4) is 0 Å². The van der Waals surface area contributed by atoms with Gasteiger partial charge < -0.3 is 0 Å². The van der Waals surface area contributed by atoms with Gasteiger partial charge in [0.1, 0.15) is 6.20 Å². The molecule has 0 bridgehead atoms. The largest absolute Gasteiger partial charge is 0.336 e. The summed E-state index contributed by atoms with van der Waals surface area (Å²) in [6.45, 7) is 0. The summed E-state index contributed by atoms with van der Waals surface area (Å²) in [6, 6.07) is 10.6. The molecule has 3 aromatic heterocycles. The van der Waals surface area contributed by atoms with E-state index in [0.717, 1.165) is 17.1 Å². The molecule has 0 spiro atoms. The fourth-order valence-electron chi connectivity index (χ4n) is 2.09. The van der Waals surface area contributed by atoms with Crippen LogP contribution in [0, 0.1) is 0 Å². The van der Waals surface area contributed by atoms with Gasteiger partial charge in [-0.1, -0.05) is 11.1 Å². The second-order valence-electron chi connectivity index (χ2n) is 4.10. The average molecular weight is 283 g/mol. The highest BCUT2D eigenvalue weighted by Crippen LogP contribution is 2.41. The average Bonchev–Trinajstić information content (AvgIpc) is 3.18. The summed E-state index contributed by atoms with van der Waals surface area (Å²) in [6.07, 6.45) is 3.50. The highest BCUT2D eigenvalue weighted by molar-refractivity contribution is 7.23. The van der Waals surface area contributed by atoms with Gasteiger partial charge in [0.25, 0.3) is 0 Å². The molecule has 0 unspecified atom stereocenters. The van der Waals surface area contributed by atoms with Gasteiger partial charge in [0.15, 0.2) is 5.69 Å². The molecule has 3 nitrogen and oxygen atoms in total. The Bertz CT molecular complexity index is 757. The van der Waals surface area contributed by atoms with Crippen LogP contribution >= 0.6 is 22.7 Å². The number of nitrogens with one attached hydrogen (secondary N) is 1. The van der Waals surface area contributed by atoms with Crippen molar-refractivity contribution in [3.8, 4) is 20.2 Å². The minimum Gasteiger partial charge on any atom is -0.271 e. The van der Waals surface area contributed by atoms with Crippen LogP contribution < -0.4 is 10.3 Å². The van der Waals surface area contributed by atoms with E-state index in [9.17, 15) is 0 Å². The van der Waals surface area contributed by atoms with Gasteiger partial charge in [-0.25, -0.2) is 0 Å². The van der Waals surface area contributed by atoms with Gasteiger partial charge >= 0.3 is 5.82 Å². The summed E-state index contributed by atoms with van der Waals surface area (Å²) in [5, 5.41) is 5.27. The van der Waals surface area contributed by atoms with E-state index in [-0.39, 0.29) is 0 Å². The SMILES string of the molecule is C1=[N+]c2nccc(-c3ccc(-c4cccs4)s3)c2N1. The smallest absolute Gasteiger partial charge is 0.271 e. The van der Waals surface area contributed by atoms with Crippen LogP contribution in [0.5, 0.6) is 0 Å². The van der Waals surface area contributed by atoms with Crippen molar-refractivity contribution < 1.29 is 0 Å². The van der Waals surface area contributed by atoms with Gasteiger partial charge in [-0.05, 0) is 29.6 Å². The monoisotopic (exact) mass is 283 g/mol. The van der Waals surface area contributed by atoms with Crippen molar-refractivity contribution in [3.63, 3.8) is 0 Å². The molecule has 0 fully saturated rings. The van der Waals surface area contributed by atoms with E-state index in [1.54, 1.807) is 29.0 Å². The third-order valence-corrected chi connectivity index (χ3v) is 5.15. The Balaban J connectivity index is 1.80. The van der Waals surface area contributed by atoms with Gasteiger partial charge in [0, 0.05) is 20.2 Å². The standard InChI is InChI=1S/C14H9N3S2/c1-2-11(18-7-1)12-4-3-10(19-12)9-5-6-15-14-13(9)16-8-17-14/h1-8,16H/q+1. The molecule has 19 heavy (non-hydrogen) atoms. The van der Waals surface area contributed by atoms with Crippen LogP contribution in [0.25, 0.3) is 20.2 Å². The minimum absolute atomic E-state index is 0.767. The third-order valence-electron chi connectivity index (χ3n) is 2.96. The zero-order chi connectivity index (χ0) is 12.7. The predicted molar refractivity (Wildman–Crippen MR) is 82.3 cm³/mol. The minimum atomic E-state index is 0.767. The van der Waals surface area contributed by atoms with Crippen molar-refractivity contribution in [3.05, 3.63) is 41.9 Å². The molecule has 0 amide bonds. The van der Waals surface area contributed by atoms with E-state index in [2.05, 4.69) is 44.9 Å². The summed E-state index contributed by atoms with van der Waals surface area (Å²) in [5.74, 6) is 0.767. The molecule has 0 atom stereocenters. The van der Waals surface area contributed by atoms with Gasteiger partial charge in [0.05, 0.1) is 0 Å². The van der Waals surface area contributed by atoms with Crippen molar-refractivity contribution >= 4 is 40.5 Å². The second-order valence-corrected chi connectivity index (χ2v) is 6.13. The Kier molecular flexibility index (Phi) is 2.46. The number of fused-ring (bicyclic) bond motifs is 1. The molecule has 5 heteroatoms. The highest BCUT2D eigenvalue weighted by atomic mass is 32.1. The molecule has 0 saturated heterocycles. The molecule has 4 heterocycles. The molecular formula is C14H9N3S2+. The number of aromatic nitrogens is 1. The predicted octanol–water partition coefficient (Wildman–Crippen LogP) is 3.96. The van der Waals surface area contributed by atoms with Gasteiger partial charge in [-0.2, -0.15) is 0 Å². The van der Waals surface area contributed by atoms with Crippen LogP contribution in [-0.2, 0) is 0 Å². The van der Waals surface area contributed by atoms with Crippen LogP contribution in [0.1, 0.15) is 0 Å². The zero-order valence-electron chi connectivity index (χ0n) is 9.83. The highest BCUT2D eigenvalue weighted by Gasteiger charge is 2.22. The maximum absolute atomic E-state index is 4.25. The Labute approximate surface area is 118 Å². The molecule has 0 saturated carbocycles. The molecule has 1 aliphatic rings. The summed E-state index contributed by atoms with van der Waals surface area (Å²) < 4.78 is 0. The summed E-state index contributed by atoms with van der Waals surface area (Å²) >= 11 is 3.56. The van der Waals surface area contributed by atoms with Crippen LogP contribution in [0.2, 0.25) is 0 Å². The molecule has 1 aliphatic heterocycles. The lowest BCUT2D eigenvalue weighted by atomic mass is 10.2. The summed E-state index contributed by atoms with van der Waals surface area (Å²) in [7, 11) is 0. The Morgan fingerprint density at radius 3 is 2.89 bits per heavy atom. The molecular weight excluding hydrogens is 274 g/mol. The second kappa shape index (κ2) is 4.29. The number of thiophene rings is 2. The van der Waals surface area contributed by atoms with Crippen molar-refractivity contribution in [1.29, 1.82) is 0 Å². The van der Waals surface area contributed by atoms with Crippen molar-refractivity contribution in [1.82, 2.24) is 9.98 Å². The fraction of sp³-hybridized carbons (Fsp3) is 0. The molecule has 1 radical (unpaired) electrons. The van der Waals surface area contributed by atoms with Crippen LogP contribution in [-0.4, -0.2) is 11.3 Å². The first kappa shape index (κ1) is 10.9. The van der Waals surface area contributed by atoms with Gasteiger partial charge in [-0.15, -0.1) is 27.7 Å². The molecule has 4 rings (SSSR count). The van der Waals surface area contributed by atoms with E-state index in [1.807, 2.05) is 12.3 Å². The first-order valence-corrected chi connectivity index (χ1v) is 7.53. The normalized spacial score (nSPS) is 12.4. The van der Waals surface area contributed by atoms with Crippen molar-refractivity contribution in [2.75, 3.05) is 5.32 Å². The first-order chi connectivity index (χ1) is 9.42. The quantitative estimate of drug-likeness (QED) is 0.773. The van der Waals surface area contributed by atoms with Crippen LogP contribution in [0.4, 0.5) is 11.5 Å². The number of aliphatic imine (C=N–C) groups is 1. The Hall–Kier alpha value is -1.98. The number of pyridine rings is 1. The fourth-order valence-corrected chi connectivity index (χ4v) is 3.96. The number of anilines is 1. The lowest BCUT2D eigenvalue weighted by Gasteiger charge is -1.98. The lowest BCUT2D eigenvalue weighted by molar-refractivity contribution is 1.24. The number of hydrogen-bond donors (Lipinski definition) is 1. The zero-order valence-corrected chi connectivity index (χ0v) is 11.5. The summed E-state index contributed by atoms with van der Waals surface area (Å²) in [5.41, 5.74) is 2.16. The van der Waals surface area contributed by atoms with E-state index in [4.69, 9.17) is 0 Å². The van der Waals surface area contributed by atoms with E-state index < -0.39 is 0 Å². The van der Waals surface area contributed by atoms with Crippen molar-refractivity contribution in [2.45, 2.75) is 0 Å². The number of hydrogen-bond acceptors (Lipinski definition) is 5. The number of rotatable bonds is 2.